The molecular formula is C14H14F3N3O2. The molecule has 1 atom stereocenters. The van der Waals surface area contributed by atoms with Gasteiger partial charge in [-0.15, -0.1) is 0 Å². The molecule has 1 aliphatic rings. The Labute approximate surface area is 124 Å². The summed E-state index contributed by atoms with van der Waals surface area (Å²) in [7, 11) is 0. The van der Waals surface area contributed by atoms with Gasteiger partial charge in [0.25, 0.3) is 0 Å². The number of halogens is 3. The van der Waals surface area contributed by atoms with Crippen LogP contribution in [-0.4, -0.2) is 29.1 Å². The molecule has 118 valence electrons. The number of amides is 2. The number of alkyl halides is 3. The molecule has 1 fully saturated rings. The average molecular weight is 313 g/mol. The van der Waals surface area contributed by atoms with Crippen LogP contribution in [0.3, 0.4) is 0 Å². The lowest BCUT2D eigenvalue weighted by molar-refractivity contribution is -0.127. The summed E-state index contributed by atoms with van der Waals surface area (Å²) in [4.78, 5) is 12.9. The van der Waals surface area contributed by atoms with Gasteiger partial charge in [-0.3, -0.25) is 4.90 Å². The second kappa shape index (κ2) is 5.18. The largest absolute Gasteiger partial charge is 0.393 e. The van der Waals surface area contributed by atoms with Crippen LogP contribution in [0.4, 0.5) is 23.7 Å². The Bertz CT molecular complexity index is 650. The molecule has 1 saturated heterocycles. The molecule has 0 aromatic heterocycles. The van der Waals surface area contributed by atoms with Crippen LogP contribution in [0.1, 0.15) is 25.0 Å². The van der Waals surface area contributed by atoms with E-state index < -0.39 is 30.4 Å². The third-order valence-electron chi connectivity index (χ3n) is 3.42. The smallest absolute Gasteiger partial charge is 0.371 e. The van der Waals surface area contributed by atoms with Crippen LogP contribution in [0.15, 0.2) is 18.2 Å². The molecule has 5 nitrogen and oxygen atoms in total. The summed E-state index contributed by atoms with van der Waals surface area (Å²) in [6, 6.07) is 4.74. The molecule has 0 saturated carbocycles. The zero-order chi connectivity index (χ0) is 16.7. The monoisotopic (exact) mass is 313 g/mol. The van der Waals surface area contributed by atoms with Crippen LogP contribution in [0.25, 0.3) is 0 Å². The molecule has 1 aliphatic heterocycles. The summed E-state index contributed by atoms with van der Waals surface area (Å²) in [6.45, 7) is 3.19. The van der Waals surface area contributed by atoms with E-state index in [0.717, 1.165) is 11.0 Å². The topological polar surface area (TPSA) is 76.4 Å². The maximum atomic E-state index is 12.6. The molecule has 2 amide bonds. The van der Waals surface area contributed by atoms with E-state index in [0.29, 0.717) is 0 Å². The zero-order valence-corrected chi connectivity index (χ0v) is 11.9. The number of hydrogen-bond acceptors (Lipinski definition) is 3. The number of benzene rings is 1. The maximum absolute atomic E-state index is 12.6. The molecule has 1 heterocycles. The van der Waals surface area contributed by atoms with Crippen molar-refractivity contribution in [2.45, 2.75) is 38.2 Å². The second-order valence-corrected chi connectivity index (χ2v) is 5.64. The van der Waals surface area contributed by atoms with Gasteiger partial charge in [0.2, 0.25) is 0 Å². The molecule has 22 heavy (non-hydrogen) atoms. The molecule has 2 rings (SSSR count). The predicted molar refractivity (Wildman–Crippen MR) is 72.0 cm³/mol. The fourth-order valence-corrected chi connectivity index (χ4v) is 2.29. The van der Waals surface area contributed by atoms with Gasteiger partial charge in [0.15, 0.2) is 6.23 Å². The number of urea groups is 1. The van der Waals surface area contributed by atoms with E-state index >= 15 is 0 Å². The van der Waals surface area contributed by atoms with Crippen LogP contribution >= 0.6 is 0 Å². The minimum absolute atomic E-state index is 0.105. The predicted octanol–water partition coefficient (Wildman–Crippen LogP) is 2.29. The number of carbonyl (C=O) groups is 1. The van der Waals surface area contributed by atoms with E-state index in [2.05, 4.69) is 5.32 Å². The summed E-state index contributed by atoms with van der Waals surface area (Å²) in [5.41, 5.74) is -1.18. The van der Waals surface area contributed by atoms with Crippen molar-refractivity contribution in [2.24, 2.45) is 0 Å². The van der Waals surface area contributed by atoms with Crippen molar-refractivity contribution in [1.82, 2.24) is 5.32 Å². The van der Waals surface area contributed by atoms with Gasteiger partial charge in [0, 0.05) is 5.69 Å². The number of aliphatic hydroxyl groups is 1. The quantitative estimate of drug-likeness (QED) is 0.879. The highest BCUT2D eigenvalue weighted by Gasteiger charge is 2.45. The average Bonchev–Trinajstić information content (AvgIpc) is 2.56. The number of aliphatic hydroxyl groups excluding tert-OH is 1. The Kier molecular flexibility index (Phi) is 3.79. The number of nitrogens with one attached hydrogen (secondary N) is 1. The highest BCUT2D eigenvalue weighted by Crippen LogP contribution is 2.31. The fraction of sp³-hybridized carbons (Fsp3) is 0.429. The van der Waals surface area contributed by atoms with Crippen LogP contribution in [0, 0.1) is 11.3 Å². The van der Waals surface area contributed by atoms with Crippen molar-refractivity contribution in [2.75, 3.05) is 4.90 Å². The van der Waals surface area contributed by atoms with E-state index in [4.69, 9.17) is 5.26 Å². The highest BCUT2D eigenvalue weighted by molar-refractivity contribution is 5.95. The third kappa shape index (κ3) is 2.99. The van der Waals surface area contributed by atoms with Crippen molar-refractivity contribution in [3.05, 3.63) is 29.3 Å². The first-order chi connectivity index (χ1) is 10.0. The first-order valence-electron chi connectivity index (χ1n) is 6.44. The molecule has 1 aromatic carbocycles. The van der Waals surface area contributed by atoms with Gasteiger partial charge in [-0.05, 0) is 37.6 Å². The minimum atomic E-state index is -4.48. The van der Waals surface area contributed by atoms with E-state index in [1.54, 1.807) is 19.9 Å². The van der Waals surface area contributed by atoms with Crippen molar-refractivity contribution in [1.29, 1.82) is 5.26 Å². The standard InChI is InChI=1S/C14H14F3N3O2/c1-13(2)11(21)20(12(22)19-13)10-4-3-8(7-18)9(5-10)6-14(15,16)17/h3-5,11,21H,6H2,1-2H3,(H,19,22). The van der Waals surface area contributed by atoms with Crippen LogP contribution in [-0.2, 0) is 6.42 Å². The molecule has 0 aliphatic carbocycles. The number of rotatable bonds is 2. The molecule has 1 aromatic rings. The van der Waals surface area contributed by atoms with Crippen LogP contribution < -0.4 is 10.2 Å². The van der Waals surface area contributed by atoms with Gasteiger partial charge < -0.3 is 10.4 Å². The van der Waals surface area contributed by atoms with Gasteiger partial charge in [0.05, 0.1) is 23.6 Å². The van der Waals surface area contributed by atoms with E-state index in [-0.39, 0.29) is 16.8 Å². The lowest BCUT2D eigenvalue weighted by atomic mass is 10.0. The SMILES string of the molecule is CC1(C)NC(=O)N(c2ccc(C#N)c(CC(F)(F)F)c2)C1O. The van der Waals surface area contributed by atoms with Gasteiger partial charge in [-0.1, -0.05) is 0 Å². The second-order valence-electron chi connectivity index (χ2n) is 5.64. The first kappa shape index (κ1) is 16.1. The number of nitriles is 1. The third-order valence-corrected chi connectivity index (χ3v) is 3.42. The summed E-state index contributed by atoms with van der Waals surface area (Å²) in [6.07, 6.45) is -6.99. The minimum Gasteiger partial charge on any atom is -0.371 e. The van der Waals surface area contributed by atoms with Crippen molar-refractivity contribution < 1.29 is 23.1 Å². The molecule has 0 spiro atoms. The number of anilines is 1. The zero-order valence-electron chi connectivity index (χ0n) is 11.9. The van der Waals surface area contributed by atoms with Crippen molar-refractivity contribution in [3.8, 4) is 6.07 Å². The first-order valence-corrected chi connectivity index (χ1v) is 6.44. The molecule has 2 N–H and O–H groups in total. The fourth-order valence-electron chi connectivity index (χ4n) is 2.29. The van der Waals surface area contributed by atoms with E-state index in [1.807, 2.05) is 0 Å². The Morgan fingerprint density at radius 1 is 1.45 bits per heavy atom. The van der Waals surface area contributed by atoms with Crippen LogP contribution in [0.2, 0.25) is 0 Å². The highest BCUT2D eigenvalue weighted by atomic mass is 19.4. The molecule has 0 bridgehead atoms. The van der Waals surface area contributed by atoms with E-state index in [9.17, 15) is 23.1 Å². The lowest BCUT2D eigenvalue weighted by Crippen LogP contribution is -2.44. The van der Waals surface area contributed by atoms with Crippen molar-refractivity contribution >= 4 is 11.7 Å². The van der Waals surface area contributed by atoms with Crippen LogP contribution in [0.5, 0.6) is 0 Å². The Hall–Kier alpha value is -2.27. The van der Waals surface area contributed by atoms with E-state index in [1.165, 1.54) is 12.1 Å². The Morgan fingerprint density at radius 2 is 2.09 bits per heavy atom. The Balaban J connectivity index is 2.44. The van der Waals surface area contributed by atoms with Crippen molar-refractivity contribution in [3.63, 3.8) is 0 Å². The van der Waals surface area contributed by atoms with Gasteiger partial charge in [-0.25, -0.2) is 4.79 Å². The Morgan fingerprint density at radius 3 is 2.55 bits per heavy atom. The summed E-state index contributed by atoms with van der Waals surface area (Å²) in [5, 5.41) is 21.6. The molecule has 8 heteroatoms. The summed E-state index contributed by atoms with van der Waals surface area (Å²) >= 11 is 0. The summed E-state index contributed by atoms with van der Waals surface area (Å²) in [5.74, 6) is 0. The molecule has 1 unspecified atom stereocenters. The van der Waals surface area contributed by atoms with Gasteiger partial charge in [-0.2, -0.15) is 18.4 Å². The number of nitrogens with zero attached hydrogens (tertiary/aromatic N) is 2. The summed E-state index contributed by atoms with van der Waals surface area (Å²) < 4.78 is 37.8. The molecular weight excluding hydrogens is 299 g/mol. The van der Waals surface area contributed by atoms with Gasteiger partial charge >= 0.3 is 12.2 Å². The number of carbonyl (C=O) groups excluding carboxylic acids is 1. The normalized spacial score (nSPS) is 20.7. The maximum Gasteiger partial charge on any atom is 0.393 e. The number of hydrogen-bond donors (Lipinski definition) is 2. The molecule has 0 radical (unpaired) electrons. The van der Waals surface area contributed by atoms with Gasteiger partial charge in [0.1, 0.15) is 0 Å². The lowest BCUT2D eigenvalue weighted by Gasteiger charge is -2.26.